The molecule has 0 fully saturated rings. The molecule has 0 saturated carbocycles. The first-order valence-electron chi connectivity index (χ1n) is 5.64. The van der Waals surface area contributed by atoms with Crippen LogP contribution in [-0.2, 0) is 6.54 Å². The molecule has 4 heteroatoms. The molecule has 90 valence electrons. The summed E-state index contributed by atoms with van der Waals surface area (Å²) >= 11 is 0. The Hall–Kier alpha value is -1.97. The number of ether oxygens (including phenoxy) is 1. The number of benzene rings is 1. The van der Waals surface area contributed by atoms with Crippen LogP contribution in [0.25, 0.3) is 0 Å². The van der Waals surface area contributed by atoms with Gasteiger partial charge in [0.25, 0.3) is 0 Å². The number of aromatic nitrogens is 2. The zero-order valence-corrected chi connectivity index (χ0v) is 10.2. The van der Waals surface area contributed by atoms with Crippen LogP contribution in [0.3, 0.4) is 0 Å². The molecule has 2 rings (SSSR count). The van der Waals surface area contributed by atoms with E-state index in [0.717, 1.165) is 29.1 Å². The van der Waals surface area contributed by atoms with Gasteiger partial charge in [0.2, 0.25) is 0 Å². The summed E-state index contributed by atoms with van der Waals surface area (Å²) in [5, 5.41) is 4.12. The average molecular weight is 231 g/mol. The Morgan fingerprint density at radius 3 is 2.82 bits per heavy atom. The Morgan fingerprint density at radius 1 is 1.29 bits per heavy atom. The summed E-state index contributed by atoms with van der Waals surface area (Å²) in [7, 11) is 0. The predicted octanol–water partition coefficient (Wildman–Crippen LogP) is 2.16. The van der Waals surface area contributed by atoms with E-state index in [0.29, 0.717) is 6.61 Å². The Bertz CT molecular complexity index is 492. The molecule has 1 aromatic heterocycles. The van der Waals surface area contributed by atoms with E-state index in [2.05, 4.69) is 5.10 Å². The lowest BCUT2D eigenvalue weighted by Crippen LogP contribution is -2.09. The van der Waals surface area contributed by atoms with Crippen molar-refractivity contribution in [3.05, 3.63) is 41.7 Å². The van der Waals surface area contributed by atoms with Crippen molar-refractivity contribution in [2.75, 3.05) is 12.3 Å². The third-order valence-corrected chi connectivity index (χ3v) is 2.70. The lowest BCUT2D eigenvalue weighted by molar-refractivity contribution is 0.289. The van der Waals surface area contributed by atoms with Crippen LogP contribution in [0.15, 0.2) is 30.6 Å². The highest BCUT2D eigenvalue weighted by Crippen LogP contribution is 2.24. The fourth-order valence-electron chi connectivity index (χ4n) is 1.65. The number of hydrogen-bond acceptors (Lipinski definition) is 3. The number of nitrogens with two attached hydrogens (primary N) is 1. The molecule has 0 saturated heterocycles. The van der Waals surface area contributed by atoms with Crippen molar-refractivity contribution < 1.29 is 4.74 Å². The average Bonchev–Trinajstić information content (AvgIpc) is 2.78. The summed E-state index contributed by atoms with van der Waals surface area (Å²) in [6, 6.07) is 5.82. The summed E-state index contributed by atoms with van der Waals surface area (Å²) < 4.78 is 7.58. The molecule has 17 heavy (non-hydrogen) atoms. The maximum Gasteiger partial charge on any atom is 0.122 e. The number of nitrogens with zero attached hydrogens (tertiary/aromatic N) is 2. The molecule has 0 atom stereocenters. The molecule has 0 unspecified atom stereocenters. The van der Waals surface area contributed by atoms with Gasteiger partial charge in [0.1, 0.15) is 12.4 Å². The molecule has 4 nitrogen and oxygen atoms in total. The maximum atomic E-state index is 5.83. The minimum absolute atomic E-state index is 0.603. The Morgan fingerprint density at radius 2 is 2.12 bits per heavy atom. The lowest BCUT2D eigenvalue weighted by atomic mass is 10.1. The van der Waals surface area contributed by atoms with Crippen LogP contribution in [0.2, 0.25) is 0 Å². The van der Waals surface area contributed by atoms with Crippen molar-refractivity contribution in [3.8, 4) is 5.75 Å². The first-order chi connectivity index (χ1) is 8.16. The first-order valence-corrected chi connectivity index (χ1v) is 5.64. The number of nitrogen functional groups attached to an aromatic ring is 1. The largest absolute Gasteiger partial charge is 0.491 e. The predicted molar refractivity (Wildman–Crippen MR) is 68.1 cm³/mol. The van der Waals surface area contributed by atoms with Crippen molar-refractivity contribution in [2.45, 2.75) is 20.4 Å². The van der Waals surface area contributed by atoms with Crippen LogP contribution in [0.4, 0.5) is 5.69 Å². The number of hydrogen-bond donors (Lipinski definition) is 1. The molecule has 1 heterocycles. The van der Waals surface area contributed by atoms with E-state index in [1.54, 1.807) is 6.20 Å². The van der Waals surface area contributed by atoms with Crippen molar-refractivity contribution in [1.29, 1.82) is 0 Å². The number of anilines is 1. The topological polar surface area (TPSA) is 53.1 Å². The van der Waals surface area contributed by atoms with E-state index in [-0.39, 0.29) is 0 Å². The van der Waals surface area contributed by atoms with Crippen LogP contribution < -0.4 is 10.5 Å². The Kier molecular flexibility index (Phi) is 3.32. The summed E-state index contributed by atoms with van der Waals surface area (Å²) in [6.07, 6.45) is 3.68. The molecule has 2 N–H and O–H groups in total. The van der Waals surface area contributed by atoms with Gasteiger partial charge >= 0.3 is 0 Å². The van der Waals surface area contributed by atoms with Crippen LogP contribution in [-0.4, -0.2) is 16.4 Å². The minimum Gasteiger partial charge on any atom is -0.491 e. The van der Waals surface area contributed by atoms with Crippen molar-refractivity contribution in [2.24, 2.45) is 0 Å². The highest BCUT2D eigenvalue weighted by Gasteiger charge is 2.03. The summed E-state index contributed by atoms with van der Waals surface area (Å²) in [4.78, 5) is 0. The standard InChI is InChI=1S/C13H17N3O/c1-10-9-13(11(2)8-12(10)14)17-7-6-16-5-3-4-15-16/h3-5,8-9H,6-7,14H2,1-2H3. The van der Waals surface area contributed by atoms with Gasteiger partial charge < -0.3 is 10.5 Å². The van der Waals surface area contributed by atoms with Crippen LogP contribution >= 0.6 is 0 Å². The van der Waals surface area contributed by atoms with E-state index in [1.165, 1.54) is 0 Å². The summed E-state index contributed by atoms with van der Waals surface area (Å²) in [6.45, 7) is 5.33. The molecule has 0 spiro atoms. The van der Waals surface area contributed by atoms with Crippen LogP contribution in [0, 0.1) is 13.8 Å². The van der Waals surface area contributed by atoms with E-state index in [9.17, 15) is 0 Å². The zero-order valence-electron chi connectivity index (χ0n) is 10.2. The second-order valence-corrected chi connectivity index (χ2v) is 4.09. The smallest absolute Gasteiger partial charge is 0.122 e. The van der Waals surface area contributed by atoms with Gasteiger partial charge in [-0.25, -0.2) is 0 Å². The van der Waals surface area contributed by atoms with Crippen LogP contribution in [0.5, 0.6) is 5.75 Å². The molecule has 2 aromatic rings. The van der Waals surface area contributed by atoms with Gasteiger partial charge in [0.15, 0.2) is 0 Å². The number of aryl methyl sites for hydroxylation is 2. The highest BCUT2D eigenvalue weighted by molar-refractivity contribution is 5.53. The van der Waals surface area contributed by atoms with Crippen molar-refractivity contribution in [1.82, 2.24) is 9.78 Å². The van der Waals surface area contributed by atoms with E-state index in [1.807, 2.05) is 42.9 Å². The fraction of sp³-hybridized carbons (Fsp3) is 0.308. The fourth-order valence-corrected chi connectivity index (χ4v) is 1.65. The highest BCUT2D eigenvalue weighted by atomic mass is 16.5. The molecule has 0 aliphatic carbocycles. The molecule has 0 bridgehead atoms. The van der Waals surface area contributed by atoms with Gasteiger partial charge in [0.05, 0.1) is 6.54 Å². The second-order valence-electron chi connectivity index (χ2n) is 4.09. The Balaban J connectivity index is 1.97. The monoisotopic (exact) mass is 231 g/mol. The summed E-state index contributed by atoms with van der Waals surface area (Å²) in [5.41, 5.74) is 8.74. The molecular formula is C13H17N3O. The van der Waals surface area contributed by atoms with E-state index >= 15 is 0 Å². The van der Waals surface area contributed by atoms with Crippen molar-refractivity contribution >= 4 is 5.69 Å². The third-order valence-electron chi connectivity index (χ3n) is 2.70. The zero-order chi connectivity index (χ0) is 12.3. The lowest BCUT2D eigenvalue weighted by Gasteiger charge is -2.11. The minimum atomic E-state index is 0.603. The van der Waals surface area contributed by atoms with Gasteiger partial charge in [-0.15, -0.1) is 0 Å². The van der Waals surface area contributed by atoms with Gasteiger partial charge in [0, 0.05) is 18.1 Å². The summed E-state index contributed by atoms with van der Waals surface area (Å²) in [5.74, 6) is 0.892. The van der Waals surface area contributed by atoms with E-state index < -0.39 is 0 Å². The number of rotatable bonds is 4. The van der Waals surface area contributed by atoms with Gasteiger partial charge in [-0.3, -0.25) is 4.68 Å². The SMILES string of the molecule is Cc1cc(OCCn2cccn2)c(C)cc1N. The van der Waals surface area contributed by atoms with Crippen molar-refractivity contribution in [3.63, 3.8) is 0 Å². The molecule has 0 radical (unpaired) electrons. The molecule has 0 aliphatic heterocycles. The molecule has 0 aliphatic rings. The van der Waals surface area contributed by atoms with Crippen LogP contribution in [0.1, 0.15) is 11.1 Å². The normalized spacial score (nSPS) is 10.5. The Labute approximate surface area is 101 Å². The van der Waals surface area contributed by atoms with Gasteiger partial charge in [-0.2, -0.15) is 5.10 Å². The first kappa shape index (κ1) is 11.5. The van der Waals surface area contributed by atoms with Gasteiger partial charge in [-0.05, 0) is 43.2 Å². The molecule has 1 aromatic carbocycles. The van der Waals surface area contributed by atoms with Gasteiger partial charge in [-0.1, -0.05) is 0 Å². The quantitative estimate of drug-likeness (QED) is 0.820. The third kappa shape index (κ3) is 2.78. The molecular weight excluding hydrogens is 214 g/mol. The van der Waals surface area contributed by atoms with E-state index in [4.69, 9.17) is 10.5 Å². The molecule has 0 amide bonds. The second kappa shape index (κ2) is 4.91. The maximum absolute atomic E-state index is 5.83.